The molecule has 1 N–H and O–H groups in total. The second-order valence-electron chi connectivity index (χ2n) is 13.0. The summed E-state index contributed by atoms with van der Waals surface area (Å²) in [6, 6.07) is 13.7. The molecule has 2 bridgehead atoms. The molecule has 0 radical (unpaired) electrons. The number of ether oxygens (including phenoxy) is 2. The van der Waals surface area contributed by atoms with E-state index >= 15 is 0 Å². The second kappa shape index (κ2) is 13.2. The van der Waals surface area contributed by atoms with Gasteiger partial charge >= 0.3 is 0 Å². The summed E-state index contributed by atoms with van der Waals surface area (Å²) in [5.41, 5.74) is -0.156. The fourth-order valence-corrected chi connectivity index (χ4v) is 8.11. The van der Waals surface area contributed by atoms with E-state index in [4.69, 9.17) is 9.47 Å². The Labute approximate surface area is 280 Å². The Morgan fingerprint density at radius 1 is 1.12 bits per heavy atom. The predicted octanol–water partition coefficient (Wildman–Crippen LogP) is 3.41. The van der Waals surface area contributed by atoms with Gasteiger partial charge < -0.3 is 29.3 Å². The van der Waals surface area contributed by atoms with Gasteiger partial charge in [-0.15, -0.1) is 18.3 Å². The third-order valence-corrected chi connectivity index (χ3v) is 10.3. The molecule has 1 spiro atoms. The van der Waals surface area contributed by atoms with Gasteiger partial charge in [0.15, 0.2) is 0 Å². The number of nitrogens with zero attached hydrogens (tertiary/aromatic N) is 6. The lowest BCUT2D eigenvalue weighted by Crippen LogP contribution is -2.57. The van der Waals surface area contributed by atoms with Crippen molar-refractivity contribution in [3.8, 4) is 5.75 Å². The zero-order chi connectivity index (χ0) is 34.2. The first kappa shape index (κ1) is 33.4. The van der Waals surface area contributed by atoms with E-state index in [0.29, 0.717) is 30.0 Å². The number of para-hydroxylation sites is 1. The molecule has 0 aliphatic carbocycles. The standard InChI is InChI=1S/C36H44N6O6/c1-6-18-39(23-42-28-13-10-9-12-27(28)37-38-42)34(46)31-36-22-24(4)35(5,48-36)29(30(36)33(45)41(31)20-11-21-43)32(44)40(19-7-2)25-14-16-26(17-15-25)47-8-3/h6-7,9-10,12-17,24,29-31,43H,1-2,8,11,18-23H2,3-5H3/t24?,29-,30+,31?,35+,36?/m1/s1. The summed E-state index contributed by atoms with van der Waals surface area (Å²) in [6.45, 7) is 14.6. The van der Waals surface area contributed by atoms with Gasteiger partial charge in [-0.2, -0.15) is 0 Å². The third kappa shape index (κ3) is 5.27. The minimum absolute atomic E-state index is 0.0741. The van der Waals surface area contributed by atoms with Crippen LogP contribution < -0.4 is 9.64 Å². The number of likely N-dealkylation sites (tertiary alicyclic amines) is 1. The first-order valence-corrected chi connectivity index (χ1v) is 16.6. The van der Waals surface area contributed by atoms with E-state index in [1.54, 1.807) is 26.6 Å². The van der Waals surface area contributed by atoms with Crippen molar-refractivity contribution < 1.29 is 29.0 Å². The van der Waals surface area contributed by atoms with Crippen molar-refractivity contribution in [3.05, 3.63) is 73.8 Å². The summed E-state index contributed by atoms with van der Waals surface area (Å²) < 4.78 is 14.2. The van der Waals surface area contributed by atoms with E-state index in [1.807, 2.05) is 69.3 Å². The summed E-state index contributed by atoms with van der Waals surface area (Å²) in [7, 11) is 0. The summed E-state index contributed by atoms with van der Waals surface area (Å²) in [5.74, 6) is -2.12. The van der Waals surface area contributed by atoms with Gasteiger partial charge in [0, 0.05) is 31.9 Å². The van der Waals surface area contributed by atoms with Crippen LogP contribution in [0.3, 0.4) is 0 Å². The Hall–Kier alpha value is -4.55. The van der Waals surface area contributed by atoms with Crippen molar-refractivity contribution in [2.45, 2.75) is 57.5 Å². The minimum atomic E-state index is -1.25. The van der Waals surface area contributed by atoms with Crippen LogP contribution in [0.4, 0.5) is 5.69 Å². The van der Waals surface area contributed by atoms with Crippen LogP contribution in [-0.4, -0.2) is 97.7 Å². The van der Waals surface area contributed by atoms with Crippen LogP contribution in [0.1, 0.15) is 33.6 Å². The van der Waals surface area contributed by atoms with Gasteiger partial charge in [0.1, 0.15) is 29.6 Å². The Bertz CT molecular complexity index is 1710. The Morgan fingerprint density at radius 3 is 2.54 bits per heavy atom. The van der Waals surface area contributed by atoms with E-state index in [2.05, 4.69) is 23.5 Å². The first-order valence-electron chi connectivity index (χ1n) is 16.6. The zero-order valence-corrected chi connectivity index (χ0v) is 27.8. The number of rotatable bonds is 14. The van der Waals surface area contributed by atoms with Gasteiger partial charge in [0.05, 0.1) is 29.6 Å². The number of aliphatic hydroxyl groups excluding tert-OH is 1. The van der Waals surface area contributed by atoms with E-state index < -0.39 is 29.1 Å². The highest BCUT2D eigenvalue weighted by Gasteiger charge is 2.80. The molecule has 3 saturated heterocycles. The molecule has 6 atom stereocenters. The highest BCUT2D eigenvalue weighted by Crippen LogP contribution is 2.65. The van der Waals surface area contributed by atoms with Gasteiger partial charge in [-0.25, -0.2) is 4.68 Å². The molecule has 12 heteroatoms. The number of hydrogen-bond donors (Lipinski definition) is 1. The third-order valence-electron chi connectivity index (χ3n) is 10.3. The van der Waals surface area contributed by atoms with Crippen LogP contribution in [0.15, 0.2) is 73.8 Å². The molecule has 0 saturated carbocycles. The number of aromatic nitrogens is 3. The van der Waals surface area contributed by atoms with Gasteiger partial charge in [-0.3, -0.25) is 14.4 Å². The lowest BCUT2D eigenvalue weighted by atomic mass is 9.62. The molecular formula is C36H44N6O6. The van der Waals surface area contributed by atoms with E-state index in [-0.39, 0.29) is 63.0 Å². The summed E-state index contributed by atoms with van der Waals surface area (Å²) in [5, 5.41) is 18.3. The number of hydrogen-bond acceptors (Lipinski definition) is 8. The van der Waals surface area contributed by atoms with Crippen molar-refractivity contribution in [3.63, 3.8) is 0 Å². The van der Waals surface area contributed by atoms with Crippen molar-refractivity contribution in [1.29, 1.82) is 0 Å². The van der Waals surface area contributed by atoms with Crippen LogP contribution in [-0.2, 0) is 25.8 Å². The molecule has 4 heterocycles. The Morgan fingerprint density at radius 2 is 1.85 bits per heavy atom. The van der Waals surface area contributed by atoms with Crippen LogP contribution in [0.25, 0.3) is 11.0 Å². The molecule has 6 rings (SSSR count). The normalized spacial score (nSPS) is 27.2. The Kier molecular flexibility index (Phi) is 9.14. The molecule has 1 aromatic heterocycles. The number of anilines is 1. The minimum Gasteiger partial charge on any atom is -0.494 e. The smallest absolute Gasteiger partial charge is 0.250 e. The number of amides is 3. The average molecular weight is 657 g/mol. The van der Waals surface area contributed by atoms with E-state index in [9.17, 15) is 19.5 Å². The van der Waals surface area contributed by atoms with Crippen molar-refractivity contribution in [2.24, 2.45) is 17.8 Å². The van der Waals surface area contributed by atoms with E-state index in [0.717, 1.165) is 5.52 Å². The molecule has 48 heavy (non-hydrogen) atoms. The van der Waals surface area contributed by atoms with E-state index in [1.165, 1.54) is 4.90 Å². The molecule has 254 valence electrons. The van der Waals surface area contributed by atoms with Gasteiger partial charge in [0.2, 0.25) is 17.7 Å². The highest BCUT2D eigenvalue weighted by molar-refractivity contribution is 6.03. The van der Waals surface area contributed by atoms with Crippen LogP contribution in [0, 0.1) is 17.8 Å². The molecule has 3 fully saturated rings. The maximum absolute atomic E-state index is 14.8. The maximum atomic E-state index is 14.8. The van der Waals surface area contributed by atoms with Gasteiger partial charge in [0.25, 0.3) is 0 Å². The number of carbonyl (C=O) groups is 3. The molecule has 3 aromatic rings. The molecule has 3 amide bonds. The molecule has 3 aliphatic rings. The topological polar surface area (TPSA) is 130 Å². The summed E-state index contributed by atoms with van der Waals surface area (Å²) in [6.07, 6.45) is 3.98. The maximum Gasteiger partial charge on any atom is 0.250 e. The van der Waals surface area contributed by atoms with Gasteiger partial charge in [-0.1, -0.05) is 36.4 Å². The summed E-state index contributed by atoms with van der Waals surface area (Å²) >= 11 is 0. The quantitative estimate of drug-likeness (QED) is 0.262. The summed E-state index contributed by atoms with van der Waals surface area (Å²) in [4.78, 5) is 49.0. The highest BCUT2D eigenvalue weighted by atomic mass is 16.5. The zero-order valence-electron chi connectivity index (χ0n) is 27.8. The van der Waals surface area contributed by atoms with Crippen LogP contribution in [0.2, 0.25) is 0 Å². The fraction of sp³-hybridized carbons (Fsp3) is 0.472. The van der Waals surface area contributed by atoms with Crippen molar-refractivity contribution >= 4 is 34.4 Å². The molecule has 2 aromatic carbocycles. The molecular weight excluding hydrogens is 612 g/mol. The fourth-order valence-electron chi connectivity index (χ4n) is 8.11. The van der Waals surface area contributed by atoms with Crippen LogP contribution in [0.5, 0.6) is 5.75 Å². The SMILES string of the molecule is C=CCN(Cn1nnc2ccccc21)C(=O)C1N(CCCO)C(=O)[C@@H]2[C@H](C(=O)N(CC=C)c3ccc(OCC)cc3)[C@@]3(C)OC12CC3C. The van der Waals surface area contributed by atoms with Crippen molar-refractivity contribution in [2.75, 3.05) is 37.7 Å². The molecule has 3 aliphatic heterocycles. The number of fused-ring (bicyclic) bond motifs is 2. The number of carbonyl (C=O) groups excluding carboxylic acids is 3. The monoisotopic (exact) mass is 656 g/mol. The Balaban J connectivity index is 1.39. The van der Waals surface area contributed by atoms with Gasteiger partial charge in [-0.05, 0) is 69.0 Å². The predicted molar refractivity (Wildman–Crippen MR) is 180 cm³/mol. The first-order chi connectivity index (χ1) is 23.1. The lowest BCUT2D eigenvalue weighted by Gasteiger charge is -2.39. The van der Waals surface area contributed by atoms with Crippen LogP contribution >= 0.6 is 0 Å². The largest absolute Gasteiger partial charge is 0.494 e. The molecule has 3 unspecified atom stereocenters. The number of aliphatic hydroxyl groups is 1. The lowest BCUT2D eigenvalue weighted by molar-refractivity contribution is -0.153. The molecule has 12 nitrogen and oxygen atoms in total. The number of benzene rings is 2. The van der Waals surface area contributed by atoms with Crippen molar-refractivity contribution in [1.82, 2.24) is 24.8 Å². The second-order valence-corrected chi connectivity index (χ2v) is 13.0. The average Bonchev–Trinajstić information content (AvgIpc) is 3.75.